The number of halogens is 3. The standard InChI is InChI=1S/C10H18F3N/c1-9(2,3)8-4-5-14(6-8)7-10(11,12)13/h8H,4-7H2,1-3H3. The Kier molecular flexibility index (Phi) is 3.14. The van der Waals surface area contributed by atoms with Crippen LogP contribution >= 0.6 is 0 Å². The number of rotatable bonds is 1. The molecular formula is C10H18F3N. The highest BCUT2D eigenvalue weighted by Crippen LogP contribution is 2.34. The van der Waals surface area contributed by atoms with Gasteiger partial charge >= 0.3 is 6.18 Å². The summed E-state index contributed by atoms with van der Waals surface area (Å²) in [7, 11) is 0. The molecule has 0 bridgehead atoms. The Morgan fingerprint density at radius 1 is 1.21 bits per heavy atom. The van der Waals surface area contributed by atoms with Crippen LogP contribution in [0.4, 0.5) is 13.2 Å². The van der Waals surface area contributed by atoms with Gasteiger partial charge in [-0.25, -0.2) is 0 Å². The monoisotopic (exact) mass is 209 g/mol. The van der Waals surface area contributed by atoms with Crippen LogP contribution in [-0.4, -0.2) is 30.7 Å². The molecule has 0 aromatic heterocycles. The van der Waals surface area contributed by atoms with E-state index in [4.69, 9.17) is 0 Å². The van der Waals surface area contributed by atoms with Crippen LogP contribution in [0.15, 0.2) is 0 Å². The van der Waals surface area contributed by atoms with Crippen molar-refractivity contribution in [3.8, 4) is 0 Å². The van der Waals surface area contributed by atoms with Crippen LogP contribution in [0.2, 0.25) is 0 Å². The third-order valence-corrected chi connectivity index (χ3v) is 2.90. The van der Waals surface area contributed by atoms with Crippen LogP contribution in [0, 0.1) is 11.3 Å². The molecular weight excluding hydrogens is 191 g/mol. The molecule has 1 aliphatic heterocycles. The second-order valence-corrected chi connectivity index (χ2v) is 5.20. The average molecular weight is 209 g/mol. The van der Waals surface area contributed by atoms with E-state index < -0.39 is 12.7 Å². The van der Waals surface area contributed by atoms with E-state index in [0.29, 0.717) is 19.0 Å². The maximum absolute atomic E-state index is 12.1. The van der Waals surface area contributed by atoms with E-state index in [0.717, 1.165) is 6.42 Å². The Balaban J connectivity index is 2.42. The summed E-state index contributed by atoms with van der Waals surface area (Å²) in [5.41, 5.74) is 0.125. The van der Waals surface area contributed by atoms with Gasteiger partial charge in [-0.05, 0) is 24.3 Å². The zero-order valence-electron chi connectivity index (χ0n) is 8.99. The molecule has 4 heteroatoms. The lowest BCUT2D eigenvalue weighted by Crippen LogP contribution is -2.33. The molecule has 1 heterocycles. The van der Waals surface area contributed by atoms with Gasteiger partial charge in [0.25, 0.3) is 0 Å². The van der Waals surface area contributed by atoms with Crippen molar-refractivity contribution in [2.75, 3.05) is 19.6 Å². The lowest BCUT2D eigenvalue weighted by molar-refractivity contribution is -0.144. The van der Waals surface area contributed by atoms with E-state index in [-0.39, 0.29) is 5.41 Å². The highest BCUT2D eigenvalue weighted by molar-refractivity contribution is 4.84. The molecule has 0 amide bonds. The Labute approximate surface area is 83.3 Å². The van der Waals surface area contributed by atoms with Gasteiger partial charge in [0.15, 0.2) is 0 Å². The van der Waals surface area contributed by atoms with Gasteiger partial charge in [0, 0.05) is 6.54 Å². The Hall–Kier alpha value is -0.250. The maximum Gasteiger partial charge on any atom is 0.401 e. The second-order valence-electron chi connectivity index (χ2n) is 5.20. The predicted octanol–water partition coefficient (Wildman–Crippen LogP) is 2.92. The number of alkyl halides is 3. The third kappa shape index (κ3) is 3.48. The van der Waals surface area contributed by atoms with Crippen LogP contribution in [0.5, 0.6) is 0 Å². The highest BCUT2D eigenvalue weighted by Gasteiger charge is 2.37. The lowest BCUT2D eigenvalue weighted by atomic mass is 9.80. The Bertz CT molecular complexity index is 193. The summed E-state index contributed by atoms with van der Waals surface area (Å²) in [4.78, 5) is 1.51. The van der Waals surface area contributed by atoms with Crippen molar-refractivity contribution in [1.29, 1.82) is 0 Å². The van der Waals surface area contributed by atoms with Crippen molar-refractivity contribution in [2.45, 2.75) is 33.4 Å². The minimum atomic E-state index is -4.05. The molecule has 14 heavy (non-hydrogen) atoms. The van der Waals surface area contributed by atoms with Crippen LogP contribution < -0.4 is 0 Å². The molecule has 1 aliphatic rings. The normalized spacial score (nSPS) is 25.7. The molecule has 0 aliphatic carbocycles. The average Bonchev–Trinajstić information content (AvgIpc) is 2.29. The minimum Gasteiger partial charge on any atom is -0.295 e. The maximum atomic E-state index is 12.1. The van der Waals surface area contributed by atoms with Crippen LogP contribution in [0.3, 0.4) is 0 Å². The fourth-order valence-corrected chi connectivity index (χ4v) is 1.94. The van der Waals surface area contributed by atoms with Crippen LogP contribution in [0.1, 0.15) is 27.2 Å². The SMILES string of the molecule is CC(C)(C)C1CCN(CC(F)(F)F)C1. The first kappa shape index (κ1) is 11.8. The van der Waals surface area contributed by atoms with Crippen LogP contribution in [0.25, 0.3) is 0 Å². The van der Waals surface area contributed by atoms with Gasteiger partial charge in [0.1, 0.15) is 0 Å². The molecule has 84 valence electrons. The zero-order chi connectivity index (χ0) is 11.0. The first-order chi connectivity index (χ1) is 6.18. The first-order valence-electron chi connectivity index (χ1n) is 4.97. The number of hydrogen-bond donors (Lipinski definition) is 0. The molecule has 1 rings (SSSR count). The van der Waals surface area contributed by atoms with E-state index in [2.05, 4.69) is 20.8 Å². The van der Waals surface area contributed by atoms with E-state index >= 15 is 0 Å². The van der Waals surface area contributed by atoms with Crippen molar-refractivity contribution < 1.29 is 13.2 Å². The summed E-state index contributed by atoms with van der Waals surface area (Å²) >= 11 is 0. The summed E-state index contributed by atoms with van der Waals surface area (Å²) in [5.74, 6) is 0.393. The molecule has 0 saturated carbocycles. The molecule has 0 radical (unpaired) electrons. The topological polar surface area (TPSA) is 3.24 Å². The quantitative estimate of drug-likeness (QED) is 0.641. The summed E-state index contributed by atoms with van der Waals surface area (Å²) < 4.78 is 36.3. The molecule has 0 spiro atoms. The smallest absolute Gasteiger partial charge is 0.295 e. The molecule has 0 N–H and O–H groups in total. The van der Waals surface area contributed by atoms with Gasteiger partial charge in [-0.3, -0.25) is 4.90 Å². The number of hydrogen-bond acceptors (Lipinski definition) is 1. The molecule has 1 atom stereocenters. The van der Waals surface area contributed by atoms with Crippen molar-refractivity contribution in [3.63, 3.8) is 0 Å². The number of nitrogens with zero attached hydrogens (tertiary/aromatic N) is 1. The molecule has 1 nitrogen and oxygen atoms in total. The van der Waals surface area contributed by atoms with Crippen molar-refractivity contribution >= 4 is 0 Å². The Morgan fingerprint density at radius 2 is 1.79 bits per heavy atom. The second kappa shape index (κ2) is 3.72. The van der Waals surface area contributed by atoms with Gasteiger partial charge in [0.05, 0.1) is 6.54 Å². The molecule has 1 unspecified atom stereocenters. The van der Waals surface area contributed by atoms with E-state index in [1.165, 1.54) is 4.90 Å². The van der Waals surface area contributed by atoms with Crippen molar-refractivity contribution in [1.82, 2.24) is 4.90 Å². The summed E-state index contributed by atoms with van der Waals surface area (Å²) in [6, 6.07) is 0. The molecule has 1 saturated heterocycles. The van der Waals surface area contributed by atoms with Crippen LogP contribution in [-0.2, 0) is 0 Å². The van der Waals surface area contributed by atoms with Gasteiger partial charge < -0.3 is 0 Å². The summed E-state index contributed by atoms with van der Waals surface area (Å²) in [6.45, 7) is 6.70. The minimum absolute atomic E-state index is 0.125. The highest BCUT2D eigenvalue weighted by atomic mass is 19.4. The molecule has 1 fully saturated rings. The summed E-state index contributed by atoms with van der Waals surface area (Å²) in [6.07, 6.45) is -3.16. The van der Waals surface area contributed by atoms with E-state index in [9.17, 15) is 13.2 Å². The fraction of sp³-hybridized carbons (Fsp3) is 1.00. The van der Waals surface area contributed by atoms with E-state index in [1.54, 1.807) is 0 Å². The van der Waals surface area contributed by atoms with Gasteiger partial charge in [-0.2, -0.15) is 13.2 Å². The van der Waals surface area contributed by atoms with Crippen molar-refractivity contribution in [2.24, 2.45) is 11.3 Å². The lowest BCUT2D eigenvalue weighted by Gasteiger charge is -2.27. The fourth-order valence-electron chi connectivity index (χ4n) is 1.94. The summed E-state index contributed by atoms with van der Waals surface area (Å²) in [5, 5.41) is 0. The van der Waals surface area contributed by atoms with Crippen molar-refractivity contribution in [3.05, 3.63) is 0 Å². The number of likely N-dealkylation sites (tertiary alicyclic amines) is 1. The van der Waals surface area contributed by atoms with Gasteiger partial charge in [0.2, 0.25) is 0 Å². The first-order valence-corrected chi connectivity index (χ1v) is 4.97. The van der Waals surface area contributed by atoms with E-state index in [1.807, 2.05) is 0 Å². The molecule has 0 aromatic rings. The largest absolute Gasteiger partial charge is 0.401 e. The molecule has 0 aromatic carbocycles. The zero-order valence-corrected chi connectivity index (χ0v) is 8.99. The van der Waals surface area contributed by atoms with Gasteiger partial charge in [-0.1, -0.05) is 20.8 Å². The Morgan fingerprint density at radius 3 is 2.14 bits per heavy atom. The predicted molar refractivity (Wildman–Crippen MR) is 50.1 cm³/mol. The van der Waals surface area contributed by atoms with Gasteiger partial charge in [-0.15, -0.1) is 0 Å². The third-order valence-electron chi connectivity index (χ3n) is 2.90.